The first-order valence-corrected chi connectivity index (χ1v) is 9.06. The quantitative estimate of drug-likeness (QED) is 0.713. The van der Waals surface area contributed by atoms with E-state index in [9.17, 15) is 9.59 Å². The summed E-state index contributed by atoms with van der Waals surface area (Å²) in [5.41, 5.74) is 2.26. The van der Waals surface area contributed by atoms with Crippen molar-refractivity contribution in [3.05, 3.63) is 65.2 Å². The second kappa shape index (κ2) is 9.76. The minimum atomic E-state index is -0.578. The molecule has 2 rings (SSSR count). The molecule has 0 unspecified atom stereocenters. The summed E-state index contributed by atoms with van der Waals surface area (Å²) in [4.78, 5) is 24.7. The van der Waals surface area contributed by atoms with Gasteiger partial charge in [-0.3, -0.25) is 4.79 Å². The Kier molecular flexibility index (Phi) is 7.41. The van der Waals surface area contributed by atoms with Gasteiger partial charge in [0.05, 0.1) is 13.2 Å². The van der Waals surface area contributed by atoms with Crippen molar-refractivity contribution in [1.82, 2.24) is 5.32 Å². The fourth-order valence-corrected chi connectivity index (χ4v) is 2.86. The molecule has 2 aromatic carbocycles. The van der Waals surface area contributed by atoms with E-state index in [-0.39, 0.29) is 18.6 Å². The second-order valence-corrected chi connectivity index (χ2v) is 6.94. The van der Waals surface area contributed by atoms with E-state index in [1.54, 1.807) is 12.1 Å². The SMILES string of the molecule is COc1ccc(C)cc1C(=O)OCC(=O)N[C@H](CC(C)C)c1ccccc1. The molecule has 0 saturated carbocycles. The van der Waals surface area contributed by atoms with Crippen molar-refractivity contribution in [2.75, 3.05) is 13.7 Å². The lowest BCUT2D eigenvalue weighted by atomic mass is 9.97. The summed E-state index contributed by atoms with van der Waals surface area (Å²) in [6.45, 7) is 5.74. The van der Waals surface area contributed by atoms with Crippen molar-refractivity contribution in [3.63, 3.8) is 0 Å². The van der Waals surface area contributed by atoms with Gasteiger partial charge in [0.15, 0.2) is 6.61 Å². The number of hydrogen-bond acceptors (Lipinski definition) is 4. The zero-order chi connectivity index (χ0) is 19.8. The number of nitrogens with one attached hydrogen (secondary N) is 1. The van der Waals surface area contributed by atoms with Crippen LogP contribution in [0.2, 0.25) is 0 Å². The molecule has 0 fully saturated rings. The summed E-state index contributed by atoms with van der Waals surface area (Å²) in [5.74, 6) is -0.0714. The van der Waals surface area contributed by atoms with Gasteiger partial charge in [0.2, 0.25) is 0 Å². The van der Waals surface area contributed by atoms with E-state index in [4.69, 9.17) is 9.47 Å². The Morgan fingerprint density at radius 1 is 1.07 bits per heavy atom. The van der Waals surface area contributed by atoms with Crippen LogP contribution < -0.4 is 10.1 Å². The van der Waals surface area contributed by atoms with Gasteiger partial charge in [-0.15, -0.1) is 0 Å². The van der Waals surface area contributed by atoms with Crippen molar-refractivity contribution in [1.29, 1.82) is 0 Å². The Morgan fingerprint density at radius 3 is 2.41 bits per heavy atom. The van der Waals surface area contributed by atoms with Crippen molar-refractivity contribution < 1.29 is 19.1 Å². The molecule has 27 heavy (non-hydrogen) atoms. The lowest BCUT2D eigenvalue weighted by Crippen LogP contribution is -2.33. The van der Waals surface area contributed by atoms with Crippen LogP contribution >= 0.6 is 0 Å². The first kappa shape index (κ1) is 20.5. The number of rotatable bonds is 8. The molecule has 0 radical (unpaired) electrons. The average Bonchev–Trinajstić information content (AvgIpc) is 2.66. The Morgan fingerprint density at radius 2 is 1.78 bits per heavy atom. The van der Waals surface area contributed by atoms with Crippen LogP contribution in [-0.2, 0) is 9.53 Å². The maximum Gasteiger partial charge on any atom is 0.342 e. The molecule has 144 valence electrons. The summed E-state index contributed by atoms with van der Waals surface area (Å²) in [6, 6.07) is 14.9. The van der Waals surface area contributed by atoms with Crippen LogP contribution in [0.25, 0.3) is 0 Å². The van der Waals surface area contributed by atoms with Crippen LogP contribution in [0.5, 0.6) is 5.75 Å². The molecular formula is C22H27NO4. The van der Waals surface area contributed by atoms with E-state index in [0.717, 1.165) is 17.5 Å². The van der Waals surface area contributed by atoms with Crippen LogP contribution in [0.3, 0.4) is 0 Å². The normalized spacial score (nSPS) is 11.7. The monoisotopic (exact) mass is 369 g/mol. The summed E-state index contributed by atoms with van der Waals surface area (Å²) < 4.78 is 10.4. The predicted octanol–water partition coefficient (Wildman–Crippen LogP) is 4.06. The van der Waals surface area contributed by atoms with Gasteiger partial charge < -0.3 is 14.8 Å². The topological polar surface area (TPSA) is 64.6 Å². The van der Waals surface area contributed by atoms with E-state index in [1.807, 2.05) is 43.3 Å². The van der Waals surface area contributed by atoms with Gasteiger partial charge in [0.1, 0.15) is 11.3 Å². The lowest BCUT2D eigenvalue weighted by molar-refractivity contribution is -0.125. The number of esters is 1. The smallest absolute Gasteiger partial charge is 0.342 e. The van der Waals surface area contributed by atoms with Crippen LogP contribution in [0, 0.1) is 12.8 Å². The Labute approximate surface area is 160 Å². The molecule has 0 aliphatic rings. The number of methoxy groups -OCH3 is 1. The van der Waals surface area contributed by atoms with Gasteiger partial charge in [0, 0.05) is 0 Å². The molecule has 1 N–H and O–H groups in total. The molecule has 0 aliphatic heterocycles. The van der Waals surface area contributed by atoms with Crippen LogP contribution in [0.4, 0.5) is 0 Å². The molecule has 5 nitrogen and oxygen atoms in total. The van der Waals surface area contributed by atoms with Gasteiger partial charge in [-0.1, -0.05) is 55.8 Å². The van der Waals surface area contributed by atoms with Gasteiger partial charge in [-0.05, 0) is 37.0 Å². The lowest BCUT2D eigenvalue weighted by Gasteiger charge is -2.21. The van der Waals surface area contributed by atoms with Crippen LogP contribution in [-0.4, -0.2) is 25.6 Å². The fourth-order valence-electron chi connectivity index (χ4n) is 2.86. The maximum atomic E-state index is 12.3. The van der Waals surface area contributed by atoms with Gasteiger partial charge in [0.25, 0.3) is 5.91 Å². The molecule has 1 atom stereocenters. The molecule has 0 bridgehead atoms. The van der Waals surface area contributed by atoms with Crippen molar-refractivity contribution in [2.45, 2.75) is 33.2 Å². The Balaban J connectivity index is 1.99. The van der Waals surface area contributed by atoms with E-state index < -0.39 is 5.97 Å². The molecule has 0 aromatic heterocycles. The number of amides is 1. The maximum absolute atomic E-state index is 12.3. The molecule has 5 heteroatoms. The van der Waals surface area contributed by atoms with E-state index in [1.165, 1.54) is 7.11 Å². The molecule has 0 saturated heterocycles. The third kappa shape index (κ3) is 6.13. The average molecular weight is 369 g/mol. The van der Waals surface area contributed by atoms with Crippen molar-refractivity contribution in [2.24, 2.45) is 5.92 Å². The highest BCUT2D eigenvalue weighted by atomic mass is 16.5. The van der Waals surface area contributed by atoms with Crippen molar-refractivity contribution in [3.8, 4) is 5.75 Å². The molecule has 0 aliphatic carbocycles. The van der Waals surface area contributed by atoms with Crippen LogP contribution in [0.1, 0.15) is 47.8 Å². The zero-order valence-corrected chi connectivity index (χ0v) is 16.3. The highest BCUT2D eigenvalue weighted by molar-refractivity contribution is 5.94. The predicted molar refractivity (Wildman–Crippen MR) is 105 cm³/mol. The molecule has 0 spiro atoms. The summed E-state index contributed by atoms with van der Waals surface area (Å²) in [6.07, 6.45) is 0.801. The molecule has 2 aromatic rings. The number of benzene rings is 2. The van der Waals surface area contributed by atoms with Crippen molar-refractivity contribution >= 4 is 11.9 Å². The highest BCUT2D eigenvalue weighted by Crippen LogP contribution is 2.22. The third-order valence-electron chi connectivity index (χ3n) is 4.15. The van der Waals surface area contributed by atoms with Crippen LogP contribution in [0.15, 0.2) is 48.5 Å². The first-order chi connectivity index (χ1) is 12.9. The minimum Gasteiger partial charge on any atom is -0.496 e. The van der Waals surface area contributed by atoms with Gasteiger partial charge in [-0.25, -0.2) is 4.79 Å². The van der Waals surface area contributed by atoms with E-state index in [0.29, 0.717) is 17.2 Å². The van der Waals surface area contributed by atoms with Gasteiger partial charge in [-0.2, -0.15) is 0 Å². The number of ether oxygens (including phenoxy) is 2. The zero-order valence-electron chi connectivity index (χ0n) is 16.3. The number of hydrogen-bond donors (Lipinski definition) is 1. The number of carbonyl (C=O) groups is 2. The number of aryl methyl sites for hydroxylation is 1. The summed E-state index contributed by atoms with van der Waals surface area (Å²) in [7, 11) is 1.49. The Hall–Kier alpha value is -2.82. The first-order valence-electron chi connectivity index (χ1n) is 9.06. The summed E-state index contributed by atoms with van der Waals surface area (Å²) >= 11 is 0. The molecular weight excluding hydrogens is 342 g/mol. The van der Waals surface area contributed by atoms with E-state index >= 15 is 0 Å². The highest BCUT2D eigenvalue weighted by Gasteiger charge is 2.19. The summed E-state index contributed by atoms with van der Waals surface area (Å²) in [5, 5.41) is 2.96. The fraction of sp³-hybridized carbons (Fsp3) is 0.364. The third-order valence-corrected chi connectivity index (χ3v) is 4.15. The largest absolute Gasteiger partial charge is 0.496 e. The molecule has 0 heterocycles. The van der Waals surface area contributed by atoms with E-state index in [2.05, 4.69) is 19.2 Å². The van der Waals surface area contributed by atoms with Gasteiger partial charge >= 0.3 is 5.97 Å². The second-order valence-electron chi connectivity index (χ2n) is 6.94. The Bertz CT molecular complexity index is 771. The number of carbonyl (C=O) groups excluding carboxylic acids is 2. The standard InChI is InChI=1S/C22H27NO4/c1-15(2)12-19(17-8-6-5-7-9-17)23-21(24)14-27-22(25)18-13-16(3)10-11-20(18)26-4/h5-11,13,15,19H,12,14H2,1-4H3,(H,23,24)/t19-/m1/s1. The minimum absolute atomic E-state index is 0.120. The molecule has 1 amide bonds.